The number of likely N-dealkylation sites (N-methyl/N-ethyl adjacent to an activating group) is 1. The highest BCUT2D eigenvalue weighted by Crippen LogP contribution is 2.18. The summed E-state index contributed by atoms with van der Waals surface area (Å²) < 4.78 is 0. The van der Waals surface area contributed by atoms with Crippen LogP contribution in [0.3, 0.4) is 0 Å². The van der Waals surface area contributed by atoms with Gasteiger partial charge >= 0.3 is 0 Å². The Kier molecular flexibility index (Phi) is 2.30. The van der Waals surface area contributed by atoms with Crippen LogP contribution in [-0.2, 0) is 9.59 Å². The van der Waals surface area contributed by atoms with E-state index in [-0.39, 0.29) is 18.4 Å². The van der Waals surface area contributed by atoms with Crippen molar-refractivity contribution in [2.24, 2.45) is 0 Å². The molecule has 74 valence electrons. The van der Waals surface area contributed by atoms with Gasteiger partial charge in [0.15, 0.2) is 0 Å². The number of aliphatic hydroxyl groups excluding tert-OH is 1. The lowest BCUT2D eigenvalue weighted by Crippen LogP contribution is -2.67. The van der Waals surface area contributed by atoms with E-state index in [0.29, 0.717) is 0 Å². The smallest absolute Gasteiger partial charge is 0.248 e. The van der Waals surface area contributed by atoms with E-state index in [0.717, 1.165) is 0 Å². The van der Waals surface area contributed by atoms with E-state index in [9.17, 15) is 9.59 Å². The van der Waals surface area contributed by atoms with Gasteiger partial charge in [-0.05, 0) is 13.8 Å². The highest BCUT2D eigenvalue weighted by molar-refractivity contribution is 5.99. The van der Waals surface area contributed by atoms with Gasteiger partial charge in [-0.25, -0.2) is 0 Å². The molecule has 1 atom stereocenters. The summed E-state index contributed by atoms with van der Waals surface area (Å²) >= 11 is 0. The van der Waals surface area contributed by atoms with Crippen LogP contribution in [0, 0.1) is 0 Å². The second-order valence-corrected chi connectivity index (χ2v) is 3.66. The second kappa shape index (κ2) is 2.99. The number of hydrogen-bond acceptors (Lipinski definition) is 3. The van der Waals surface area contributed by atoms with Gasteiger partial charge in [0.1, 0.15) is 11.6 Å². The maximum atomic E-state index is 11.5. The average Bonchev–Trinajstić information content (AvgIpc) is 2.09. The van der Waals surface area contributed by atoms with Crippen LogP contribution in [0.15, 0.2) is 0 Å². The number of carbonyl (C=O) groups excluding carboxylic acids is 2. The van der Waals surface area contributed by atoms with E-state index in [1.807, 2.05) is 0 Å². The summed E-state index contributed by atoms with van der Waals surface area (Å²) in [7, 11) is 1.56. The first-order chi connectivity index (χ1) is 5.91. The molecule has 0 aromatic heterocycles. The van der Waals surface area contributed by atoms with Gasteiger partial charge < -0.3 is 15.3 Å². The van der Waals surface area contributed by atoms with Gasteiger partial charge in [0.05, 0.1) is 6.61 Å². The number of piperazine rings is 1. The number of rotatable bonds is 1. The largest absolute Gasteiger partial charge is 0.394 e. The van der Waals surface area contributed by atoms with E-state index >= 15 is 0 Å². The Hall–Kier alpha value is -1.10. The van der Waals surface area contributed by atoms with Crippen molar-refractivity contribution in [2.75, 3.05) is 13.7 Å². The fourth-order valence-corrected chi connectivity index (χ4v) is 1.18. The van der Waals surface area contributed by atoms with Crippen LogP contribution in [0.25, 0.3) is 0 Å². The van der Waals surface area contributed by atoms with Crippen LogP contribution >= 0.6 is 0 Å². The molecule has 1 unspecified atom stereocenters. The van der Waals surface area contributed by atoms with Crippen molar-refractivity contribution in [3.8, 4) is 0 Å². The number of nitrogens with zero attached hydrogens (tertiary/aromatic N) is 1. The van der Waals surface area contributed by atoms with Gasteiger partial charge in [-0.3, -0.25) is 9.59 Å². The van der Waals surface area contributed by atoms with Crippen LogP contribution < -0.4 is 5.32 Å². The normalized spacial score (nSPS) is 27.4. The van der Waals surface area contributed by atoms with Crippen LogP contribution in [0.5, 0.6) is 0 Å². The van der Waals surface area contributed by atoms with E-state index < -0.39 is 11.6 Å². The zero-order valence-electron chi connectivity index (χ0n) is 8.00. The lowest BCUT2D eigenvalue weighted by molar-refractivity contribution is -0.154. The van der Waals surface area contributed by atoms with Crippen LogP contribution in [0.2, 0.25) is 0 Å². The summed E-state index contributed by atoms with van der Waals surface area (Å²) in [4.78, 5) is 24.2. The van der Waals surface area contributed by atoms with Crippen molar-refractivity contribution in [1.29, 1.82) is 0 Å². The highest BCUT2D eigenvalue weighted by Gasteiger charge is 2.43. The lowest BCUT2D eigenvalue weighted by atomic mass is 9.97. The number of amides is 2. The zero-order valence-corrected chi connectivity index (χ0v) is 8.00. The van der Waals surface area contributed by atoms with Gasteiger partial charge in [-0.2, -0.15) is 0 Å². The number of nitrogens with one attached hydrogen (secondary N) is 1. The number of hydrogen-bond donors (Lipinski definition) is 2. The van der Waals surface area contributed by atoms with Crippen LogP contribution in [0.4, 0.5) is 0 Å². The summed E-state index contributed by atoms with van der Waals surface area (Å²) in [6.07, 6.45) is 0. The van der Waals surface area contributed by atoms with Crippen molar-refractivity contribution in [3.63, 3.8) is 0 Å². The first-order valence-electron chi connectivity index (χ1n) is 4.10. The van der Waals surface area contributed by atoms with E-state index in [1.54, 1.807) is 20.9 Å². The Labute approximate surface area is 76.7 Å². The number of carbonyl (C=O) groups is 2. The summed E-state index contributed by atoms with van der Waals surface area (Å²) in [5.41, 5.74) is -0.831. The predicted molar refractivity (Wildman–Crippen MR) is 45.9 cm³/mol. The average molecular weight is 186 g/mol. The van der Waals surface area contributed by atoms with Crippen molar-refractivity contribution >= 4 is 11.8 Å². The summed E-state index contributed by atoms with van der Waals surface area (Å²) in [5.74, 6) is -0.499. The van der Waals surface area contributed by atoms with Gasteiger partial charge in [0.2, 0.25) is 11.8 Å². The van der Waals surface area contributed by atoms with E-state index in [4.69, 9.17) is 5.11 Å². The standard InChI is InChI=1S/C8H14N2O3/c1-8(2)7(13)9-5(4-11)6(12)10(8)3/h5,11H,4H2,1-3H3,(H,9,13). The first-order valence-corrected chi connectivity index (χ1v) is 4.10. The molecular weight excluding hydrogens is 172 g/mol. The lowest BCUT2D eigenvalue weighted by Gasteiger charge is -2.41. The summed E-state index contributed by atoms with van der Waals surface area (Å²) in [6.45, 7) is 2.96. The topological polar surface area (TPSA) is 69.6 Å². The Morgan fingerprint density at radius 3 is 2.54 bits per heavy atom. The van der Waals surface area contributed by atoms with Gasteiger partial charge in [-0.15, -0.1) is 0 Å². The van der Waals surface area contributed by atoms with E-state index in [2.05, 4.69) is 5.32 Å². The first kappa shape index (κ1) is 9.98. The third-order valence-electron chi connectivity index (χ3n) is 2.51. The third kappa shape index (κ3) is 1.39. The van der Waals surface area contributed by atoms with Crippen molar-refractivity contribution in [1.82, 2.24) is 10.2 Å². The molecule has 2 amide bonds. The molecule has 13 heavy (non-hydrogen) atoms. The molecule has 0 spiro atoms. The molecular formula is C8H14N2O3. The molecule has 5 nitrogen and oxygen atoms in total. The predicted octanol–water partition coefficient (Wildman–Crippen LogP) is -1.29. The maximum absolute atomic E-state index is 11.5. The molecule has 1 fully saturated rings. The molecule has 1 heterocycles. The quantitative estimate of drug-likeness (QED) is 0.535. The molecule has 1 aliphatic heterocycles. The molecule has 5 heteroatoms. The summed E-state index contributed by atoms with van der Waals surface area (Å²) in [5, 5.41) is 11.3. The van der Waals surface area contributed by atoms with E-state index in [1.165, 1.54) is 4.90 Å². The minimum Gasteiger partial charge on any atom is -0.394 e. The fourth-order valence-electron chi connectivity index (χ4n) is 1.18. The molecule has 0 aliphatic carbocycles. The summed E-state index contributed by atoms with van der Waals surface area (Å²) in [6, 6.07) is -0.787. The second-order valence-electron chi connectivity index (χ2n) is 3.66. The highest BCUT2D eigenvalue weighted by atomic mass is 16.3. The van der Waals surface area contributed by atoms with Crippen molar-refractivity contribution < 1.29 is 14.7 Å². The molecule has 0 aromatic rings. The molecule has 0 aromatic carbocycles. The minimum atomic E-state index is -0.831. The SMILES string of the molecule is CN1C(=O)C(CO)NC(=O)C1(C)C. The van der Waals surface area contributed by atoms with Crippen molar-refractivity contribution in [3.05, 3.63) is 0 Å². The van der Waals surface area contributed by atoms with Crippen molar-refractivity contribution in [2.45, 2.75) is 25.4 Å². The molecule has 0 bridgehead atoms. The Morgan fingerprint density at radius 1 is 1.54 bits per heavy atom. The fraction of sp³-hybridized carbons (Fsp3) is 0.750. The van der Waals surface area contributed by atoms with Gasteiger partial charge in [-0.1, -0.05) is 0 Å². The monoisotopic (exact) mass is 186 g/mol. The van der Waals surface area contributed by atoms with Crippen LogP contribution in [0.1, 0.15) is 13.8 Å². The maximum Gasteiger partial charge on any atom is 0.248 e. The van der Waals surface area contributed by atoms with Crippen LogP contribution in [-0.4, -0.2) is 47.1 Å². The Balaban J connectivity index is 2.92. The molecule has 1 aliphatic rings. The molecule has 2 N–H and O–H groups in total. The zero-order chi connectivity index (χ0) is 10.2. The molecule has 1 saturated heterocycles. The molecule has 0 saturated carbocycles. The van der Waals surface area contributed by atoms with Gasteiger partial charge in [0.25, 0.3) is 0 Å². The third-order valence-corrected chi connectivity index (χ3v) is 2.51. The molecule has 0 radical (unpaired) electrons. The Morgan fingerprint density at radius 2 is 2.08 bits per heavy atom. The van der Waals surface area contributed by atoms with Gasteiger partial charge in [0, 0.05) is 7.05 Å². The minimum absolute atomic E-state index is 0.242. The Bertz CT molecular complexity index is 250. The molecule has 1 rings (SSSR count). The number of aliphatic hydroxyl groups is 1.